The number of hydrogen-bond donors (Lipinski definition) is 1. The van der Waals surface area contributed by atoms with Gasteiger partial charge in [0, 0.05) is 12.3 Å². The second-order valence-corrected chi connectivity index (χ2v) is 4.26. The van der Waals surface area contributed by atoms with Gasteiger partial charge < -0.3 is 5.11 Å². The molecular weight excluding hydrogens is 170 g/mol. The first kappa shape index (κ1) is 8.39. The van der Waals surface area contributed by atoms with E-state index in [2.05, 4.69) is 0 Å². The van der Waals surface area contributed by atoms with E-state index < -0.39 is 0 Å². The summed E-state index contributed by atoms with van der Waals surface area (Å²) in [4.78, 5) is 11.9. The third-order valence-electron chi connectivity index (χ3n) is 1.29. The van der Waals surface area contributed by atoms with Gasteiger partial charge in [-0.2, -0.15) is 0 Å². The van der Waals surface area contributed by atoms with Gasteiger partial charge in [-0.3, -0.25) is 9.69 Å². The van der Waals surface area contributed by atoms with Gasteiger partial charge in [0.1, 0.15) is 4.71 Å². The zero-order valence-corrected chi connectivity index (χ0v) is 7.03. The highest BCUT2D eigenvalue weighted by molar-refractivity contribution is 8.23. The summed E-state index contributed by atoms with van der Waals surface area (Å²) >= 11 is 2.92. The molecule has 1 heterocycles. The van der Waals surface area contributed by atoms with E-state index in [-0.39, 0.29) is 11.4 Å². The van der Waals surface area contributed by atoms with E-state index in [9.17, 15) is 4.79 Å². The maximum atomic E-state index is 10.1. The molecule has 10 heavy (non-hydrogen) atoms. The third kappa shape index (κ3) is 1.88. The highest BCUT2D eigenvalue weighted by Crippen LogP contribution is 2.30. The molecule has 1 atom stereocenters. The van der Waals surface area contributed by atoms with Crippen LogP contribution >= 0.6 is 23.5 Å². The van der Waals surface area contributed by atoms with Gasteiger partial charge in [0.25, 0.3) is 0 Å². The van der Waals surface area contributed by atoms with Crippen molar-refractivity contribution in [3.8, 4) is 0 Å². The SMILES string of the molecule is O=CSC1SCCN1CO. The van der Waals surface area contributed by atoms with Gasteiger partial charge in [-0.1, -0.05) is 11.8 Å². The van der Waals surface area contributed by atoms with Gasteiger partial charge in [0.2, 0.25) is 0 Å². The smallest absolute Gasteiger partial charge is 0.178 e. The van der Waals surface area contributed by atoms with Crippen molar-refractivity contribution in [3.63, 3.8) is 0 Å². The fourth-order valence-corrected chi connectivity index (χ4v) is 2.89. The van der Waals surface area contributed by atoms with Crippen LogP contribution in [-0.2, 0) is 4.79 Å². The molecule has 3 nitrogen and oxygen atoms in total. The zero-order chi connectivity index (χ0) is 7.40. The second kappa shape index (κ2) is 4.23. The monoisotopic (exact) mass is 179 g/mol. The Bertz CT molecular complexity index is 122. The van der Waals surface area contributed by atoms with Crippen LogP contribution in [0.2, 0.25) is 0 Å². The summed E-state index contributed by atoms with van der Waals surface area (Å²) in [5.41, 5.74) is 0.825. The van der Waals surface area contributed by atoms with Crippen LogP contribution < -0.4 is 0 Å². The van der Waals surface area contributed by atoms with Crippen molar-refractivity contribution < 1.29 is 9.90 Å². The van der Waals surface area contributed by atoms with Crippen molar-refractivity contribution in [1.29, 1.82) is 0 Å². The Hall–Kier alpha value is 0.290. The van der Waals surface area contributed by atoms with Crippen LogP contribution in [0.1, 0.15) is 0 Å². The molecule has 0 aliphatic carbocycles. The summed E-state index contributed by atoms with van der Waals surface area (Å²) < 4.78 is 0.141. The van der Waals surface area contributed by atoms with Crippen LogP contribution in [-0.4, -0.2) is 39.4 Å². The molecule has 5 heteroatoms. The van der Waals surface area contributed by atoms with Gasteiger partial charge in [-0.15, -0.1) is 11.8 Å². The molecule has 0 radical (unpaired) electrons. The zero-order valence-electron chi connectivity index (χ0n) is 5.40. The largest absolute Gasteiger partial charge is 0.381 e. The Morgan fingerprint density at radius 1 is 1.90 bits per heavy atom. The molecule has 1 fully saturated rings. The molecule has 0 aromatic rings. The molecule has 1 N–H and O–H groups in total. The van der Waals surface area contributed by atoms with Crippen LogP contribution in [0.3, 0.4) is 0 Å². The average molecular weight is 179 g/mol. The molecular formula is C5H9NO2S2. The minimum Gasteiger partial charge on any atom is -0.381 e. The number of thioether (sulfide) groups is 2. The van der Waals surface area contributed by atoms with E-state index in [0.717, 1.165) is 17.9 Å². The maximum absolute atomic E-state index is 10.1. The lowest BCUT2D eigenvalue weighted by Gasteiger charge is -2.16. The topological polar surface area (TPSA) is 40.5 Å². The van der Waals surface area contributed by atoms with Gasteiger partial charge in [0.15, 0.2) is 5.62 Å². The molecule has 1 aliphatic rings. The fraction of sp³-hybridized carbons (Fsp3) is 0.800. The standard InChI is InChI=1S/C5H9NO2S2/c7-3-6-1-2-9-5(6)10-4-8/h4-5,7H,1-3H2. The Labute approximate surface area is 68.2 Å². The third-order valence-corrected chi connectivity index (χ3v) is 3.68. The van der Waals surface area contributed by atoms with Gasteiger partial charge in [-0.25, -0.2) is 0 Å². The van der Waals surface area contributed by atoms with Gasteiger partial charge in [0.05, 0.1) is 6.73 Å². The minimum absolute atomic E-state index is 0.0541. The molecule has 1 aliphatic heterocycles. The summed E-state index contributed by atoms with van der Waals surface area (Å²) in [6, 6.07) is 0. The summed E-state index contributed by atoms with van der Waals surface area (Å²) in [5.74, 6) is 1.01. The number of aliphatic hydroxyl groups is 1. The first-order valence-corrected chi connectivity index (χ1v) is 4.93. The summed E-state index contributed by atoms with van der Waals surface area (Å²) in [7, 11) is 0. The number of carbonyl (C=O) groups excluding carboxylic acids is 1. The molecule has 1 unspecified atom stereocenters. The molecule has 0 saturated carbocycles. The summed E-state index contributed by atoms with van der Waals surface area (Å²) in [6.45, 7) is 0.936. The van der Waals surface area contributed by atoms with E-state index in [4.69, 9.17) is 5.11 Å². The van der Waals surface area contributed by atoms with Crippen LogP contribution in [0, 0.1) is 0 Å². The maximum Gasteiger partial charge on any atom is 0.178 e. The van der Waals surface area contributed by atoms with Crippen molar-refractivity contribution in [2.75, 3.05) is 19.0 Å². The Morgan fingerprint density at radius 2 is 2.70 bits per heavy atom. The van der Waals surface area contributed by atoms with E-state index in [1.165, 1.54) is 11.8 Å². The summed E-state index contributed by atoms with van der Waals surface area (Å²) in [5, 5.41) is 8.75. The van der Waals surface area contributed by atoms with E-state index in [0.29, 0.717) is 0 Å². The van der Waals surface area contributed by atoms with Crippen molar-refractivity contribution in [2.45, 2.75) is 4.71 Å². The van der Waals surface area contributed by atoms with E-state index in [1.807, 2.05) is 4.90 Å². The normalized spacial score (nSPS) is 27.1. The van der Waals surface area contributed by atoms with Crippen molar-refractivity contribution in [2.24, 2.45) is 0 Å². The molecule has 0 aromatic carbocycles. The molecule has 1 rings (SSSR count). The van der Waals surface area contributed by atoms with Gasteiger partial charge in [-0.05, 0) is 0 Å². The number of rotatable bonds is 3. The van der Waals surface area contributed by atoms with Crippen LogP contribution in [0.5, 0.6) is 0 Å². The van der Waals surface area contributed by atoms with E-state index in [1.54, 1.807) is 11.8 Å². The lowest BCUT2D eigenvalue weighted by Crippen LogP contribution is -2.26. The molecule has 0 amide bonds. The highest BCUT2D eigenvalue weighted by Gasteiger charge is 2.23. The Balaban J connectivity index is 2.34. The lowest BCUT2D eigenvalue weighted by atomic mass is 10.7. The first-order chi connectivity index (χ1) is 4.88. The quantitative estimate of drug-likeness (QED) is 0.626. The number of nitrogens with zero attached hydrogens (tertiary/aromatic N) is 1. The predicted octanol–water partition coefficient (Wildman–Crippen LogP) is 0.192. The number of hydrogen-bond acceptors (Lipinski definition) is 5. The first-order valence-electron chi connectivity index (χ1n) is 2.94. The van der Waals surface area contributed by atoms with Gasteiger partial charge >= 0.3 is 0 Å². The highest BCUT2D eigenvalue weighted by atomic mass is 32.2. The van der Waals surface area contributed by atoms with Crippen molar-refractivity contribution in [3.05, 3.63) is 0 Å². The molecule has 58 valence electrons. The fourth-order valence-electron chi connectivity index (χ4n) is 0.792. The lowest BCUT2D eigenvalue weighted by molar-refractivity contribution is 0.131. The number of aliphatic hydroxyl groups excluding tert-OH is 1. The Morgan fingerprint density at radius 3 is 3.30 bits per heavy atom. The second-order valence-electron chi connectivity index (χ2n) is 1.86. The molecule has 0 spiro atoms. The predicted molar refractivity (Wildman–Crippen MR) is 44.4 cm³/mol. The summed E-state index contributed by atoms with van der Waals surface area (Å²) in [6.07, 6.45) is 0. The molecule has 1 saturated heterocycles. The molecule has 0 aromatic heterocycles. The van der Waals surface area contributed by atoms with Crippen LogP contribution in [0.15, 0.2) is 0 Å². The number of carbonyl (C=O) groups is 1. The molecule has 0 bridgehead atoms. The Kier molecular flexibility index (Phi) is 3.55. The van der Waals surface area contributed by atoms with Crippen LogP contribution in [0.25, 0.3) is 0 Å². The minimum atomic E-state index is 0.0541. The van der Waals surface area contributed by atoms with Crippen LogP contribution in [0.4, 0.5) is 0 Å². The van der Waals surface area contributed by atoms with Crippen molar-refractivity contribution >= 4 is 29.1 Å². The van der Waals surface area contributed by atoms with E-state index >= 15 is 0 Å². The average Bonchev–Trinajstić information content (AvgIpc) is 2.36. The van der Waals surface area contributed by atoms with Crippen molar-refractivity contribution in [1.82, 2.24) is 4.90 Å².